The van der Waals surface area contributed by atoms with E-state index in [0.29, 0.717) is 11.8 Å². The quantitative estimate of drug-likeness (QED) is 0.123. The van der Waals surface area contributed by atoms with Crippen LogP contribution in [0.15, 0.2) is 0 Å². The predicted octanol–water partition coefficient (Wildman–Crippen LogP) is 8.08. The Hall–Kier alpha value is -0.197. The van der Waals surface area contributed by atoms with Crippen molar-refractivity contribution in [2.75, 3.05) is 13.1 Å². The second-order valence-corrected chi connectivity index (χ2v) is 9.19. The first-order valence-corrected chi connectivity index (χ1v) is 12.2. The monoisotopic (exact) mass is 556 g/mol. The van der Waals surface area contributed by atoms with Crippen LogP contribution in [-0.2, 0) is 29.1 Å². The van der Waals surface area contributed by atoms with Crippen molar-refractivity contribution in [3.05, 3.63) is 21.3 Å². The van der Waals surface area contributed by atoms with Crippen molar-refractivity contribution in [1.29, 1.82) is 0 Å². The van der Waals surface area contributed by atoms with Crippen molar-refractivity contribution in [1.82, 2.24) is 0 Å². The van der Waals surface area contributed by atoms with Crippen molar-refractivity contribution in [3.8, 4) is 0 Å². The van der Waals surface area contributed by atoms with E-state index < -0.39 is 0 Å². The summed E-state index contributed by atoms with van der Waals surface area (Å²) in [4.78, 5) is 15.5. The van der Waals surface area contributed by atoms with Gasteiger partial charge in [0.25, 0.3) is 0 Å². The summed E-state index contributed by atoms with van der Waals surface area (Å²) < 4.78 is 0. The van der Waals surface area contributed by atoms with Gasteiger partial charge in [-0.05, 0) is 0 Å². The van der Waals surface area contributed by atoms with E-state index >= 15 is 0 Å². The van der Waals surface area contributed by atoms with E-state index in [2.05, 4.69) is 107 Å². The number of nitrogens with zero attached hydrogens (tertiary/aromatic N) is 4. The molecule has 198 valence electrons. The minimum atomic E-state index is 0. The van der Waals surface area contributed by atoms with Gasteiger partial charge >= 0.3 is 19.5 Å². The molecule has 0 spiro atoms. The van der Waals surface area contributed by atoms with E-state index in [1.54, 1.807) is 0 Å². The average Bonchev–Trinajstić information content (AvgIpc) is 2.80. The van der Waals surface area contributed by atoms with E-state index in [9.17, 15) is 0 Å². The molecule has 0 aliphatic carbocycles. The zero-order valence-electron chi connectivity index (χ0n) is 23.7. The molecule has 7 heteroatoms. The van der Waals surface area contributed by atoms with E-state index in [4.69, 9.17) is 20.2 Å². The predicted molar refractivity (Wildman–Crippen MR) is 143 cm³/mol. The molecule has 6 nitrogen and oxygen atoms in total. The van der Waals surface area contributed by atoms with Gasteiger partial charge in [-0.2, -0.15) is 13.1 Å². The summed E-state index contributed by atoms with van der Waals surface area (Å²) in [6.45, 7) is 34.4. The zero-order valence-corrected chi connectivity index (χ0v) is 25.4. The van der Waals surface area contributed by atoms with Crippen LogP contribution in [0.5, 0.6) is 0 Å². The first-order valence-electron chi connectivity index (χ1n) is 12.2. The topological polar surface area (TPSA) is 90.5 Å². The van der Waals surface area contributed by atoms with E-state index in [-0.39, 0.29) is 42.9 Å². The molecule has 0 fully saturated rings. The minimum absolute atomic E-state index is 0. The number of carbonyl (C=O) groups excluding carboxylic acids is 2. The molecule has 0 aliphatic rings. The Morgan fingerprint density at radius 3 is 1.00 bits per heavy atom. The van der Waals surface area contributed by atoms with Crippen molar-refractivity contribution in [2.45, 2.75) is 132 Å². The molecule has 33 heavy (non-hydrogen) atoms. The summed E-state index contributed by atoms with van der Waals surface area (Å²) in [7, 11) is 0. The van der Waals surface area contributed by atoms with Gasteiger partial charge in [-0.1, -0.05) is 121 Å². The third-order valence-corrected chi connectivity index (χ3v) is 5.74. The van der Waals surface area contributed by atoms with Crippen LogP contribution in [0.4, 0.5) is 0 Å². The van der Waals surface area contributed by atoms with Crippen LogP contribution in [0.3, 0.4) is 0 Å². The minimum Gasteiger partial charge on any atom is -0.678 e. The van der Waals surface area contributed by atoms with Gasteiger partial charge in [0.2, 0.25) is 0 Å². The molecule has 0 saturated carbocycles. The van der Waals surface area contributed by atoms with Crippen LogP contribution in [0.2, 0.25) is 0 Å². The molecule has 0 heterocycles. The summed E-state index contributed by atoms with van der Waals surface area (Å²) in [6, 6.07) is 0. The van der Waals surface area contributed by atoms with Crippen molar-refractivity contribution >= 4 is 13.6 Å². The van der Waals surface area contributed by atoms with Crippen molar-refractivity contribution in [3.63, 3.8) is 0 Å². The summed E-state index contributed by atoms with van der Waals surface area (Å²) >= 11 is 0. The van der Waals surface area contributed by atoms with Crippen LogP contribution < -0.4 is 0 Å². The normalized spacial score (nSPS) is 14.4. The average molecular weight is 556 g/mol. The fourth-order valence-electron chi connectivity index (χ4n) is 2.39. The number of rotatable bonds is 14. The summed E-state index contributed by atoms with van der Waals surface area (Å²) in [5.74, 6) is 1.14. The van der Waals surface area contributed by atoms with E-state index in [1.807, 2.05) is 0 Å². The fourth-order valence-corrected chi connectivity index (χ4v) is 2.39. The molecule has 0 aromatic heterocycles. The molecule has 0 bridgehead atoms. The van der Waals surface area contributed by atoms with Crippen molar-refractivity contribution < 1.29 is 29.1 Å². The van der Waals surface area contributed by atoms with Gasteiger partial charge in [0, 0.05) is 0 Å². The maximum atomic E-state index is 7.75. The van der Waals surface area contributed by atoms with Gasteiger partial charge in [-0.25, -0.2) is 12.3 Å². The molecule has 0 radical (unpaired) electrons. The molecule has 0 saturated heterocycles. The Kier molecular flexibility index (Phi) is 34.3. The number of hydrogen-bond donors (Lipinski definition) is 0. The first kappa shape index (κ1) is 42.9. The molecule has 0 N–H and O–H groups in total. The smallest absolute Gasteiger partial charge is 0.678 e. The van der Waals surface area contributed by atoms with Gasteiger partial charge in [-0.3, -0.25) is 13.6 Å². The van der Waals surface area contributed by atoms with E-state index in [0.717, 1.165) is 38.8 Å². The second kappa shape index (κ2) is 26.4. The molecular formula is C26H54N4O2Ru. The van der Waals surface area contributed by atoms with Gasteiger partial charge < -0.3 is 30.9 Å². The third kappa shape index (κ3) is 24.7. The van der Waals surface area contributed by atoms with Crippen LogP contribution in [0.25, 0.3) is 21.3 Å². The molecule has 0 amide bonds. The third-order valence-electron chi connectivity index (χ3n) is 5.74. The van der Waals surface area contributed by atoms with Crippen LogP contribution in [0, 0.1) is 11.8 Å². The van der Waals surface area contributed by atoms with Gasteiger partial charge in [-0.15, -0.1) is 11.1 Å². The van der Waals surface area contributed by atoms with Gasteiger partial charge in [0.1, 0.15) is 0 Å². The molecule has 4 unspecified atom stereocenters. The van der Waals surface area contributed by atoms with Crippen LogP contribution >= 0.6 is 0 Å². The molecule has 0 aromatic carbocycles. The maximum Gasteiger partial charge on any atom is 6.00 e. The first-order chi connectivity index (χ1) is 14.9. The maximum absolute atomic E-state index is 7.75. The van der Waals surface area contributed by atoms with Crippen LogP contribution in [-0.4, -0.2) is 50.1 Å². The molecule has 4 atom stereocenters. The molecule has 0 rings (SSSR count). The Bertz CT molecular complexity index is 362. The van der Waals surface area contributed by atoms with Gasteiger partial charge in [0.05, 0.1) is 0 Å². The zero-order chi connectivity index (χ0) is 26.4. The molecular weight excluding hydrogens is 501 g/mol. The van der Waals surface area contributed by atoms with Crippen LogP contribution in [0.1, 0.15) is 109 Å². The van der Waals surface area contributed by atoms with E-state index in [1.165, 1.54) is 0 Å². The summed E-state index contributed by atoms with van der Waals surface area (Å²) in [5, 5.41) is 18.8. The summed E-state index contributed by atoms with van der Waals surface area (Å²) in [6.07, 6.45) is 4.85. The van der Waals surface area contributed by atoms with Gasteiger partial charge in [0.15, 0.2) is 0 Å². The second-order valence-electron chi connectivity index (χ2n) is 9.19. The Morgan fingerprint density at radius 2 is 0.848 bits per heavy atom. The standard InChI is InChI=1S/2C12H26N2.2CHO.Ru/c2*1-7-10(4)11(13-9-3)14-12(5,6)8-2;2*1-2;/h2*10-11H,7-9H2,1-6H3;2*1H;/q2*-2;2*-1;+6. The Morgan fingerprint density at radius 1 is 0.606 bits per heavy atom. The molecule has 0 aliphatic heterocycles. The van der Waals surface area contributed by atoms with Crippen molar-refractivity contribution in [2.24, 2.45) is 11.8 Å². The summed E-state index contributed by atoms with van der Waals surface area (Å²) in [5.41, 5.74) is 0.152. The SMILES string of the molecule is CC[N-]C([N-]C(C)(C)CC)C(C)CC.CC[N-]C([N-]C(C)(C)CC)C(C)CC.[CH-]=O.[CH-]=O.[Ru+6]. The Balaban J connectivity index is -0.000000134. The fraction of sp³-hybridized carbons (Fsp3) is 0.923. The molecule has 0 aromatic rings. The number of hydrogen-bond acceptors (Lipinski definition) is 2. The Labute approximate surface area is 220 Å². The largest absolute Gasteiger partial charge is 6.00 e.